The summed E-state index contributed by atoms with van der Waals surface area (Å²) >= 11 is 0. The molecule has 71 valence electrons. The topological polar surface area (TPSA) is 30.2 Å². The van der Waals surface area contributed by atoms with Gasteiger partial charge in [0.25, 0.3) is 0 Å². The largest absolute Gasteiger partial charge is 0.330 e. The van der Waals surface area contributed by atoms with E-state index >= 15 is 0 Å². The van der Waals surface area contributed by atoms with Crippen LogP contribution in [-0.4, -0.2) is 14.6 Å². The van der Waals surface area contributed by atoms with E-state index in [9.17, 15) is 0 Å². The maximum atomic E-state index is 4.03. The van der Waals surface area contributed by atoms with Crippen LogP contribution in [0.25, 0.3) is 16.4 Å². The maximum absolute atomic E-state index is 4.03. The number of rotatable bonds is 0. The van der Waals surface area contributed by atoms with Gasteiger partial charge in [-0.2, -0.15) is 5.10 Å². The van der Waals surface area contributed by atoms with E-state index in [-0.39, 0.29) is 20.1 Å². The van der Waals surface area contributed by atoms with Crippen LogP contribution in [0.4, 0.5) is 0 Å². The summed E-state index contributed by atoms with van der Waals surface area (Å²) in [6.07, 6.45) is 3.64. The van der Waals surface area contributed by atoms with Gasteiger partial charge in [-0.3, -0.25) is 0 Å². The first-order valence-electron chi connectivity index (χ1n) is 4.04. The molecule has 0 fully saturated rings. The van der Waals surface area contributed by atoms with Crippen molar-refractivity contribution in [2.24, 2.45) is 0 Å². The molecule has 2 aromatic heterocycles. The Hall–Kier alpha value is -1.25. The van der Waals surface area contributed by atoms with E-state index < -0.39 is 0 Å². The standard InChI is InChI=1S/C10H6N3.Ir/c1-2-4-9-8(3-1)5-6-13-7-11-12-10(9)13;/h1-3,5-7H;/q-1;. The molecule has 2 heterocycles. The number of nitrogens with zero attached hydrogens (tertiary/aromatic N) is 3. The van der Waals surface area contributed by atoms with E-state index in [4.69, 9.17) is 0 Å². The summed E-state index contributed by atoms with van der Waals surface area (Å²) < 4.78 is 1.89. The second-order valence-electron chi connectivity index (χ2n) is 2.88. The van der Waals surface area contributed by atoms with E-state index in [1.54, 1.807) is 6.33 Å². The zero-order valence-corrected chi connectivity index (χ0v) is 9.53. The van der Waals surface area contributed by atoms with Gasteiger partial charge >= 0.3 is 0 Å². The summed E-state index contributed by atoms with van der Waals surface area (Å²) in [5.74, 6) is 0. The Morgan fingerprint density at radius 1 is 1.29 bits per heavy atom. The SMILES string of the molecule is [Ir].[c-]1cccc2ccn3cnnc3c12. The molecule has 0 spiro atoms. The van der Waals surface area contributed by atoms with E-state index in [2.05, 4.69) is 16.3 Å². The first kappa shape index (κ1) is 9.31. The molecule has 3 nitrogen and oxygen atoms in total. The smallest absolute Gasteiger partial charge is 0.114 e. The molecule has 0 aliphatic carbocycles. The summed E-state index contributed by atoms with van der Waals surface area (Å²) in [6.45, 7) is 0. The van der Waals surface area contributed by atoms with Crippen molar-refractivity contribution in [3.8, 4) is 0 Å². The molecule has 0 atom stereocenters. The fourth-order valence-electron chi connectivity index (χ4n) is 1.47. The van der Waals surface area contributed by atoms with Crippen molar-refractivity contribution in [3.63, 3.8) is 0 Å². The molecule has 0 saturated carbocycles. The number of hydrogen-bond acceptors (Lipinski definition) is 2. The van der Waals surface area contributed by atoms with Crippen molar-refractivity contribution in [1.82, 2.24) is 14.6 Å². The molecule has 14 heavy (non-hydrogen) atoms. The van der Waals surface area contributed by atoms with Crippen LogP contribution in [0.2, 0.25) is 0 Å². The summed E-state index contributed by atoms with van der Waals surface area (Å²) in [4.78, 5) is 0. The van der Waals surface area contributed by atoms with Crippen molar-refractivity contribution in [2.45, 2.75) is 0 Å². The van der Waals surface area contributed by atoms with Crippen molar-refractivity contribution in [3.05, 3.63) is 42.9 Å². The minimum Gasteiger partial charge on any atom is -0.330 e. The molecule has 0 amide bonds. The molecule has 0 unspecified atom stereocenters. The van der Waals surface area contributed by atoms with E-state index in [1.165, 1.54) is 0 Å². The number of benzene rings is 1. The molecule has 0 aliphatic rings. The molecule has 0 bridgehead atoms. The molecule has 4 heteroatoms. The van der Waals surface area contributed by atoms with Gasteiger partial charge in [-0.15, -0.1) is 34.8 Å². The van der Waals surface area contributed by atoms with Crippen LogP contribution in [0.5, 0.6) is 0 Å². The molecule has 0 N–H and O–H groups in total. The fourth-order valence-corrected chi connectivity index (χ4v) is 1.47. The van der Waals surface area contributed by atoms with Crippen LogP contribution in [0.3, 0.4) is 0 Å². The molecule has 0 saturated heterocycles. The molecule has 3 aromatic rings. The maximum Gasteiger partial charge on any atom is 0.114 e. The zero-order valence-electron chi connectivity index (χ0n) is 7.14. The minimum atomic E-state index is 0. The Morgan fingerprint density at radius 3 is 3.14 bits per heavy atom. The first-order valence-corrected chi connectivity index (χ1v) is 4.04. The van der Waals surface area contributed by atoms with Crippen LogP contribution < -0.4 is 0 Å². The van der Waals surface area contributed by atoms with Crippen LogP contribution in [0.15, 0.2) is 36.8 Å². The monoisotopic (exact) mass is 361 g/mol. The van der Waals surface area contributed by atoms with Gasteiger partial charge < -0.3 is 4.40 Å². The van der Waals surface area contributed by atoms with Crippen molar-refractivity contribution < 1.29 is 20.1 Å². The molecule has 1 aromatic carbocycles. The summed E-state index contributed by atoms with van der Waals surface area (Å²) in [6, 6.07) is 11.1. The third-order valence-electron chi connectivity index (χ3n) is 2.10. The molecular weight excluding hydrogens is 354 g/mol. The number of fused-ring (bicyclic) bond motifs is 3. The number of pyridine rings is 1. The average Bonchev–Trinajstić information content (AvgIpc) is 2.65. The van der Waals surface area contributed by atoms with Gasteiger partial charge in [0, 0.05) is 20.1 Å². The molecule has 1 radical (unpaired) electrons. The van der Waals surface area contributed by atoms with E-state index in [0.29, 0.717) is 0 Å². The molecule has 0 aliphatic heterocycles. The van der Waals surface area contributed by atoms with Crippen molar-refractivity contribution >= 4 is 16.4 Å². The van der Waals surface area contributed by atoms with Crippen LogP contribution in [0, 0.1) is 6.07 Å². The molecule has 3 rings (SSSR count). The normalized spacial score (nSPS) is 10.3. The van der Waals surface area contributed by atoms with Crippen LogP contribution in [0.1, 0.15) is 0 Å². The van der Waals surface area contributed by atoms with E-state index in [0.717, 1.165) is 16.4 Å². The van der Waals surface area contributed by atoms with Gasteiger partial charge in [0.05, 0.1) is 5.65 Å². The minimum absolute atomic E-state index is 0. The Labute approximate surface area is 94.1 Å². The average molecular weight is 360 g/mol. The first-order chi connectivity index (χ1) is 6.45. The Balaban J connectivity index is 0.000000750. The van der Waals surface area contributed by atoms with Crippen LogP contribution in [-0.2, 0) is 20.1 Å². The second kappa shape index (κ2) is 3.48. The predicted molar refractivity (Wildman–Crippen MR) is 49.3 cm³/mol. The van der Waals surface area contributed by atoms with Crippen molar-refractivity contribution in [2.75, 3.05) is 0 Å². The second-order valence-corrected chi connectivity index (χ2v) is 2.88. The Morgan fingerprint density at radius 2 is 2.21 bits per heavy atom. The number of hydrogen-bond donors (Lipinski definition) is 0. The zero-order chi connectivity index (χ0) is 8.67. The molecular formula is C10H6IrN3-. The summed E-state index contributed by atoms with van der Waals surface area (Å²) in [5, 5.41) is 10.0. The Bertz CT molecular complexity index is 573. The van der Waals surface area contributed by atoms with Gasteiger partial charge in [0.1, 0.15) is 6.33 Å². The van der Waals surface area contributed by atoms with Gasteiger partial charge in [-0.05, 0) is 6.20 Å². The van der Waals surface area contributed by atoms with Crippen molar-refractivity contribution in [1.29, 1.82) is 0 Å². The third kappa shape index (κ3) is 1.24. The summed E-state index contributed by atoms with van der Waals surface area (Å²) in [7, 11) is 0. The van der Waals surface area contributed by atoms with Crippen LogP contribution >= 0.6 is 0 Å². The summed E-state index contributed by atoms with van der Waals surface area (Å²) in [5.41, 5.74) is 0.859. The fraction of sp³-hybridized carbons (Fsp3) is 0. The van der Waals surface area contributed by atoms with Gasteiger partial charge in [0.2, 0.25) is 0 Å². The van der Waals surface area contributed by atoms with Gasteiger partial charge in [0.15, 0.2) is 0 Å². The number of aromatic nitrogens is 3. The van der Waals surface area contributed by atoms with E-state index in [1.807, 2.05) is 34.9 Å². The Kier molecular flexibility index (Phi) is 2.31. The quantitative estimate of drug-likeness (QED) is 0.571. The predicted octanol–water partition coefficient (Wildman–Crippen LogP) is 1.68. The van der Waals surface area contributed by atoms with Gasteiger partial charge in [-0.25, -0.2) is 0 Å². The van der Waals surface area contributed by atoms with Gasteiger partial charge in [-0.1, -0.05) is 11.5 Å². The third-order valence-corrected chi connectivity index (χ3v) is 2.10.